The normalized spacial score (nSPS) is 34.0. The highest BCUT2D eigenvalue weighted by molar-refractivity contribution is 6.36. The monoisotopic (exact) mass is 304 g/mol. The molecule has 22 heavy (non-hydrogen) atoms. The lowest BCUT2D eigenvalue weighted by Crippen LogP contribution is -2.22. The molecule has 2 heterocycles. The molecule has 0 saturated heterocycles. The summed E-state index contributed by atoms with van der Waals surface area (Å²) in [5.74, 6) is 2.80. The van der Waals surface area contributed by atoms with Crippen LogP contribution in [-0.4, -0.2) is 37.1 Å². The minimum absolute atomic E-state index is 0.343. The summed E-state index contributed by atoms with van der Waals surface area (Å²) in [6.45, 7) is 1.47. The second-order valence-corrected chi connectivity index (χ2v) is 7.42. The van der Waals surface area contributed by atoms with Crippen LogP contribution < -0.4 is 0 Å². The van der Waals surface area contributed by atoms with E-state index in [-0.39, 0.29) is 0 Å². The minimum atomic E-state index is 0.343. The predicted molar refractivity (Wildman–Crippen MR) is 87.5 cm³/mol. The first-order chi connectivity index (χ1) is 10.9. The van der Waals surface area contributed by atoms with Crippen molar-refractivity contribution in [2.24, 2.45) is 21.8 Å². The standard InChI is InChI=1S/C18H28N2O2/c1-3-7-13(8-4-1)15-11-21-17(19-15)18-20-16(12-22-18)14-9-5-2-6-10-14/h13-16H,1-12H2/t15-,16-/m0/s1. The first-order valence-electron chi connectivity index (χ1n) is 9.32. The molecule has 0 radical (unpaired) electrons. The van der Waals surface area contributed by atoms with E-state index in [4.69, 9.17) is 19.5 Å². The molecule has 0 aromatic rings. The quantitative estimate of drug-likeness (QED) is 0.797. The van der Waals surface area contributed by atoms with Gasteiger partial charge in [-0.1, -0.05) is 38.5 Å². The first kappa shape index (κ1) is 14.5. The Morgan fingerprint density at radius 1 is 0.591 bits per heavy atom. The Morgan fingerprint density at radius 3 is 1.41 bits per heavy atom. The van der Waals surface area contributed by atoms with Gasteiger partial charge in [0.15, 0.2) is 0 Å². The second-order valence-electron chi connectivity index (χ2n) is 7.42. The Morgan fingerprint density at radius 2 is 1.00 bits per heavy atom. The molecule has 2 aliphatic carbocycles. The number of aliphatic imine (C=N–C) groups is 2. The summed E-state index contributed by atoms with van der Waals surface area (Å²) >= 11 is 0. The van der Waals surface area contributed by atoms with Gasteiger partial charge < -0.3 is 9.47 Å². The van der Waals surface area contributed by atoms with Crippen LogP contribution >= 0.6 is 0 Å². The fourth-order valence-corrected chi connectivity index (χ4v) is 4.53. The minimum Gasteiger partial charge on any atom is -0.472 e. The SMILES string of the molecule is C1CCC([C@@H]2COC(C3=N[C@H](C4CCCCC4)CO3)=N2)CC1. The van der Waals surface area contributed by atoms with Crippen molar-refractivity contribution in [3.8, 4) is 0 Å². The largest absolute Gasteiger partial charge is 0.472 e. The van der Waals surface area contributed by atoms with Crippen LogP contribution in [0.1, 0.15) is 64.2 Å². The van der Waals surface area contributed by atoms with Crippen molar-refractivity contribution in [3.63, 3.8) is 0 Å². The molecule has 0 spiro atoms. The zero-order valence-corrected chi connectivity index (χ0v) is 13.5. The molecule has 2 fully saturated rings. The van der Waals surface area contributed by atoms with Crippen LogP contribution in [0.3, 0.4) is 0 Å². The molecule has 0 aromatic carbocycles. The third-order valence-electron chi connectivity index (χ3n) is 5.92. The Bertz CT molecular complexity index is 406. The molecule has 2 aliphatic heterocycles. The summed E-state index contributed by atoms with van der Waals surface area (Å²) in [5.41, 5.74) is 0. The highest BCUT2D eigenvalue weighted by atomic mass is 16.5. The molecule has 0 N–H and O–H groups in total. The van der Waals surface area contributed by atoms with E-state index in [2.05, 4.69) is 0 Å². The average Bonchev–Trinajstić information content (AvgIpc) is 3.26. The van der Waals surface area contributed by atoms with Crippen molar-refractivity contribution >= 4 is 11.8 Å². The molecule has 0 bridgehead atoms. The van der Waals surface area contributed by atoms with Gasteiger partial charge >= 0.3 is 0 Å². The number of hydrogen-bond acceptors (Lipinski definition) is 4. The molecule has 4 rings (SSSR count). The fraction of sp³-hybridized carbons (Fsp3) is 0.889. The third-order valence-corrected chi connectivity index (χ3v) is 5.92. The van der Waals surface area contributed by atoms with Gasteiger partial charge in [-0.3, -0.25) is 0 Å². The van der Waals surface area contributed by atoms with Gasteiger partial charge in [-0.05, 0) is 37.5 Å². The number of hydrogen-bond donors (Lipinski definition) is 0. The van der Waals surface area contributed by atoms with Gasteiger partial charge in [0.05, 0.1) is 12.1 Å². The summed E-state index contributed by atoms with van der Waals surface area (Å²) in [4.78, 5) is 9.62. The van der Waals surface area contributed by atoms with E-state index in [0.29, 0.717) is 35.7 Å². The molecule has 4 aliphatic rings. The maximum Gasteiger partial charge on any atom is 0.273 e. The van der Waals surface area contributed by atoms with Crippen molar-refractivity contribution in [1.29, 1.82) is 0 Å². The summed E-state index contributed by atoms with van der Waals surface area (Å²) in [6.07, 6.45) is 13.4. The molecule has 0 amide bonds. The summed E-state index contributed by atoms with van der Waals surface area (Å²) in [7, 11) is 0. The van der Waals surface area contributed by atoms with Crippen LogP contribution in [0.4, 0.5) is 0 Å². The maximum absolute atomic E-state index is 5.83. The van der Waals surface area contributed by atoms with Crippen LogP contribution in [-0.2, 0) is 9.47 Å². The van der Waals surface area contributed by atoms with Gasteiger partial charge in [0.2, 0.25) is 0 Å². The van der Waals surface area contributed by atoms with Crippen molar-refractivity contribution in [2.45, 2.75) is 76.3 Å². The van der Waals surface area contributed by atoms with E-state index in [0.717, 1.165) is 13.2 Å². The second kappa shape index (κ2) is 6.59. The van der Waals surface area contributed by atoms with Crippen LogP contribution in [0.25, 0.3) is 0 Å². The maximum atomic E-state index is 5.83. The van der Waals surface area contributed by atoms with Crippen LogP contribution in [0, 0.1) is 11.8 Å². The highest BCUT2D eigenvalue weighted by Crippen LogP contribution is 2.32. The highest BCUT2D eigenvalue weighted by Gasteiger charge is 2.35. The number of rotatable bonds is 3. The molecular weight excluding hydrogens is 276 g/mol. The van der Waals surface area contributed by atoms with Gasteiger partial charge in [0.1, 0.15) is 13.2 Å². The Labute approximate surface area is 133 Å². The molecule has 2 atom stereocenters. The third kappa shape index (κ3) is 3.02. The van der Waals surface area contributed by atoms with Gasteiger partial charge in [0.25, 0.3) is 11.8 Å². The number of nitrogens with zero attached hydrogens (tertiary/aromatic N) is 2. The molecule has 4 nitrogen and oxygen atoms in total. The average molecular weight is 304 g/mol. The van der Waals surface area contributed by atoms with Crippen molar-refractivity contribution < 1.29 is 9.47 Å². The van der Waals surface area contributed by atoms with E-state index >= 15 is 0 Å². The van der Waals surface area contributed by atoms with E-state index in [1.807, 2.05) is 0 Å². The Balaban J connectivity index is 1.39. The summed E-state index contributed by atoms with van der Waals surface area (Å²) in [6, 6.07) is 0.686. The molecular formula is C18H28N2O2. The molecule has 0 aromatic heterocycles. The zero-order valence-electron chi connectivity index (χ0n) is 13.5. The van der Waals surface area contributed by atoms with Gasteiger partial charge in [-0.25, -0.2) is 9.98 Å². The van der Waals surface area contributed by atoms with Crippen LogP contribution in [0.2, 0.25) is 0 Å². The molecule has 0 unspecified atom stereocenters. The van der Waals surface area contributed by atoms with E-state index in [9.17, 15) is 0 Å². The van der Waals surface area contributed by atoms with E-state index in [1.165, 1.54) is 64.2 Å². The Hall–Kier alpha value is -1.06. The zero-order chi connectivity index (χ0) is 14.8. The first-order valence-corrected chi connectivity index (χ1v) is 9.32. The van der Waals surface area contributed by atoms with Crippen molar-refractivity contribution in [3.05, 3.63) is 0 Å². The molecule has 2 saturated carbocycles. The van der Waals surface area contributed by atoms with Gasteiger partial charge in [-0.15, -0.1) is 0 Å². The van der Waals surface area contributed by atoms with Gasteiger partial charge in [-0.2, -0.15) is 0 Å². The lowest BCUT2D eigenvalue weighted by Gasteiger charge is -2.24. The fourth-order valence-electron chi connectivity index (χ4n) is 4.53. The van der Waals surface area contributed by atoms with Crippen LogP contribution in [0.15, 0.2) is 9.98 Å². The van der Waals surface area contributed by atoms with E-state index < -0.39 is 0 Å². The van der Waals surface area contributed by atoms with Crippen molar-refractivity contribution in [2.75, 3.05) is 13.2 Å². The van der Waals surface area contributed by atoms with Gasteiger partial charge in [0, 0.05) is 0 Å². The number of ether oxygens (including phenoxy) is 2. The summed E-state index contributed by atoms with van der Waals surface area (Å²) < 4.78 is 11.7. The predicted octanol–water partition coefficient (Wildman–Crippen LogP) is 3.74. The van der Waals surface area contributed by atoms with Crippen LogP contribution in [0.5, 0.6) is 0 Å². The van der Waals surface area contributed by atoms with E-state index in [1.54, 1.807) is 0 Å². The molecule has 122 valence electrons. The summed E-state index contributed by atoms with van der Waals surface area (Å²) in [5, 5.41) is 0. The smallest absolute Gasteiger partial charge is 0.273 e. The lowest BCUT2D eigenvalue weighted by molar-refractivity contribution is 0.231. The van der Waals surface area contributed by atoms with Crippen molar-refractivity contribution in [1.82, 2.24) is 0 Å². The topological polar surface area (TPSA) is 43.2 Å². The lowest BCUT2D eigenvalue weighted by atomic mass is 9.84. The molecule has 4 heteroatoms. The Kier molecular flexibility index (Phi) is 4.35.